The van der Waals surface area contributed by atoms with Gasteiger partial charge in [0.1, 0.15) is 5.75 Å². The van der Waals surface area contributed by atoms with Crippen LogP contribution in [0, 0.1) is 0 Å². The van der Waals surface area contributed by atoms with E-state index in [0.29, 0.717) is 16.2 Å². The smallest absolute Gasteiger partial charge is 0.293 e. The monoisotopic (exact) mass is 431 g/mol. The van der Waals surface area contributed by atoms with Gasteiger partial charge in [-0.2, -0.15) is 0 Å². The minimum Gasteiger partial charge on any atom is -0.497 e. The number of nitrogens with zero attached hydrogens (tertiary/aromatic N) is 1. The zero-order chi connectivity index (χ0) is 18.7. The molecule has 1 fully saturated rings. The van der Waals surface area contributed by atoms with E-state index in [4.69, 9.17) is 4.74 Å². The van der Waals surface area contributed by atoms with Crippen molar-refractivity contribution in [3.05, 3.63) is 69.0 Å². The number of benzene rings is 2. The Bertz CT molecular complexity index is 891. The van der Waals surface area contributed by atoms with Crippen molar-refractivity contribution in [1.82, 2.24) is 4.90 Å². The standard InChI is InChI=1S/C19H14BrNO4S/c1-25-15-8-2-12(3-9-15)10-17-18(23)21(19(24)26-17)11-16(22)13-4-6-14(20)7-5-13/h2-10H,11H2,1H3/b17-10-. The number of hydrogen-bond donors (Lipinski definition) is 0. The molecule has 1 saturated heterocycles. The second-order valence-electron chi connectivity index (χ2n) is 5.47. The van der Waals surface area contributed by atoms with E-state index in [0.717, 1.165) is 26.7 Å². The van der Waals surface area contributed by atoms with Crippen molar-refractivity contribution in [3.63, 3.8) is 0 Å². The molecule has 0 radical (unpaired) electrons. The number of rotatable bonds is 5. The SMILES string of the molecule is COc1ccc(/C=C2\SC(=O)N(CC(=O)c3ccc(Br)cc3)C2=O)cc1. The molecule has 0 unspecified atom stereocenters. The summed E-state index contributed by atoms with van der Waals surface area (Å²) in [7, 11) is 1.57. The molecule has 0 atom stereocenters. The molecule has 1 heterocycles. The van der Waals surface area contributed by atoms with Gasteiger partial charge < -0.3 is 4.74 Å². The lowest BCUT2D eigenvalue weighted by molar-refractivity contribution is -0.122. The summed E-state index contributed by atoms with van der Waals surface area (Å²) in [6.07, 6.45) is 1.63. The lowest BCUT2D eigenvalue weighted by atomic mass is 10.1. The molecule has 0 saturated carbocycles. The largest absolute Gasteiger partial charge is 0.497 e. The first kappa shape index (κ1) is 18.4. The van der Waals surface area contributed by atoms with Crippen molar-refractivity contribution in [2.45, 2.75) is 0 Å². The van der Waals surface area contributed by atoms with Gasteiger partial charge in [0.25, 0.3) is 11.1 Å². The van der Waals surface area contributed by atoms with E-state index in [1.807, 2.05) is 0 Å². The molecule has 0 bridgehead atoms. The van der Waals surface area contributed by atoms with Crippen LogP contribution in [0.2, 0.25) is 0 Å². The van der Waals surface area contributed by atoms with Crippen molar-refractivity contribution in [3.8, 4) is 5.75 Å². The summed E-state index contributed by atoms with van der Waals surface area (Å²) in [4.78, 5) is 38.3. The summed E-state index contributed by atoms with van der Waals surface area (Å²) in [5.41, 5.74) is 1.22. The molecular formula is C19H14BrNO4S. The Hall–Kier alpha value is -2.38. The molecule has 2 aromatic rings. The van der Waals surface area contributed by atoms with Crippen LogP contribution in [0.1, 0.15) is 15.9 Å². The zero-order valence-corrected chi connectivity index (χ0v) is 16.2. The molecule has 1 aliphatic rings. The minimum absolute atomic E-state index is 0.272. The average molecular weight is 432 g/mol. The van der Waals surface area contributed by atoms with Gasteiger partial charge >= 0.3 is 0 Å². The number of hydrogen-bond acceptors (Lipinski definition) is 5. The Morgan fingerprint density at radius 3 is 2.38 bits per heavy atom. The zero-order valence-electron chi connectivity index (χ0n) is 13.8. The van der Waals surface area contributed by atoms with Crippen LogP contribution in [0.5, 0.6) is 5.75 Å². The second-order valence-corrected chi connectivity index (χ2v) is 7.38. The topological polar surface area (TPSA) is 63.7 Å². The molecule has 3 rings (SSSR count). The third kappa shape index (κ3) is 4.05. The van der Waals surface area contributed by atoms with Gasteiger partial charge in [0.05, 0.1) is 18.6 Å². The Morgan fingerprint density at radius 1 is 1.12 bits per heavy atom. The second kappa shape index (κ2) is 7.88. The van der Waals surface area contributed by atoms with Crippen molar-refractivity contribution in [2.24, 2.45) is 0 Å². The van der Waals surface area contributed by atoms with E-state index in [-0.39, 0.29) is 12.3 Å². The quantitative estimate of drug-likeness (QED) is 0.519. The number of methoxy groups -OCH3 is 1. The number of amides is 2. The van der Waals surface area contributed by atoms with Gasteiger partial charge in [-0.15, -0.1) is 0 Å². The van der Waals surface area contributed by atoms with E-state index < -0.39 is 11.1 Å². The van der Waals surface area contributed by atoms with E-state index in [2.05, 4.69) is 15.9 Å². The average Bonchev–Trinajstić information content (AvgIpc) is 2.90. The molecule has 0 spiro atoms. The molecular weight excluding hydrogens is 418 g/mol. The Morgan fingerprint density at radius 2 is 1.77 bits per heavy atom. The fraction of sp³-hybridized carbons (Fsp3) is 0.105. The molecule has 7 heteroatoms. The number of halogens is 1. The number of carbonyl (C=O) groups excluding carboxylic acids is 3. The molecule has 5 nitrogen and oxygen atoms in total. The van der Waals surface area contributed by atoms with Crippen molar-refractivity contribution in [2.75, 3.05) is 13.7 Å². The number of Topliss-reactive ketones (excluding diaryl/α,β-unsaturated/α-hetero) is 1. The number of ketones is 1. The molecule has 26 heavy (non-hydrogen) atoms. The summed E-state index contributed by atoms with van der Waals surface area (Å²) < 4.78 is 5.94. The van der Waals surface area contributed by atoms with Gasteiger partial charge in [0, 0.05) is 10.0 Å². The van der Waals surface area contributed by atoms with Crippen molar-refractivity contribution < 1.29 is 19.1 Å². The minimum atomic E-state index is -0.457. The number of ether oxygens (including phenoxy) is 1. The predicted octanol–water partition coefficient (Wildman–Crippen LogP) is 4.38. The van der Waals surface area contributed by atoms with Crippen LogP contribution in [0.15, 0.2) is 57.9 Å². The normalized spacial score (nSPS) is 15.6. The molecule has 132 valence electrons. The highest BCUT2D eigenvalue weighted by molar-refractivity contribution is 9.10. The number of thioether (sulfide) groups is 1. The summed E-state index contributed by atoms with van der Waals surface area (Å²) in [6.45, 7) is -0.272. The first-order valence-corrected chi connectivity index (χ1v) is 9.27. The highest BCUT2D eigenvalue weighted by Crippen LogP contribution is 2.32. The fourth-order valence-corrected chi connectivity index (χ4v) is 3.46. The van der Waals surface area contributed by atoms with Gasteiger partial charge in [-0.25, -0.2) is 0 Å². The van der Waals surface area contributed by atoms with E-state index in [1.54, 1.807) is 61.7 Å². The molecule has 2 aromatic carbocycles. The van der Waals surface area contributed by atoms with Crippen LogP contribution in [0.3, 0.4) is 0 Å². The Labute approximate surface area is 163 Å². The predicted molar refractivity (Wildman–Crippen MR) is 104 cm³/mol. The van der Waals surface area contributed by atoms with Gasteiger partial charge in [-0.1, -0.05) is 40.2 Å². The Kier molecular flexibility index (Phi) is 5.58. The summed E-state index contributed by atoms with van der Waals surface area (Å²) in [5, 5.41) is -0.444. The fourth-order valence-electron chi connectivity index (χ4n) is 2.36. The molecule has 0 aliphatic carbocycles. The summed E-state index contributed by atoms with van der Waals surface area (Å²) in [5.74, 6) is -0.0397. The third-order valence-electron chi connectivity index (χ3n) is 3.76. The maximum Gasteiger partial charge on any atom is 0.293 e. The van der Waals surface area contributed by atoms with Crippen LogP contribution >= 0.6 is 27.7 Å². The number of carbonyl (C=O) groups is 3. The summed E-state index contributed by atoms with van der Waals surface area (Å²) in [6, 6.07) is 13.9. The molecule has 0 aromatic heterocycles. The first-order valence-electron chi connectivity index (χ1n) is 7.66. The van der Waals surface area contributed by atoms with Crippen LogP contribution in [0.25, 0.3) is 6.08 Å². The molecule has 2 amide bonds. The van der Waals surface area contributed by atoms with Gasteiger partial charge in [0.15, 0.2) is 5.78 Å². The third-order valence-corrected chi connectivity index (χ3v) is 5.19. The van der Waals surface area contributed by atoms with Gasteiger partial charge in [-0.05, 0) is 47.7 Å². The van der Waals surface area contributed by atoms with Crippen LogP contribution in [-0.2, 0) is 4.79 Å². The molecule has 1 aliphatic heterocycles. The van der Waals surface area contributed by atoms with Gasteiger partial charge in [0.2, 0.25) is 0 Å². The van der Waals surface area contributed by atoms with Crippen molar-refractivity contribution in [1.29, 1.82) is 0 Å². The van der Waals surface area contributed by atoms with Crippen LogP contribution in [-0.4, -0.2) is 35.5 Å². The summed E-state index contributed by atoms with van der Waals surface area (Å²) >= 11 is 4.14. The van der Waals surface area contributed by atoms with Crippen LogP contribution < -0.4 is 4.74 Å². The Balaban J connectivity index is 1.74. The van der Waals surface area contributed by atoms with Crippen molar-refractivity contribution >= 4 is 50.7 Å². The van der Waals surface area contributed by atoms with Crippen LogP contribution in [0.4, 0.5) is 4.79 Å². The van der Waals surface area contributed by atoms with E-state index in [9.17, 15) is 14.4 Å². The maximum atomic E-state index is 12.5. The maximum absolute atomic E-state index is 12.5. The first-order chi connectivity index (χ1) is 12.5. The lowest BCUT2D eigenvalue weighted by Gasteiger charge is -2.11. The van der Waals surface area contributed by atoms with E-state index in [1.165, 1.54) is 0 Å². The van der Waals surface area contributed by atoms with Gasteiger partial charge in [-0.3, -0.25) is 19.3 Å². The van der Waals surface area contributed by atoms with E-state index >= 15 is 0 Å². The molecule has 0 N–H and O–H groups in total. The number of imide groups is 1. The highest BCUT2D eigenvalue weighted by Gasteiger charge is 2.36. The highest BCUT2D eigenvalue weighted by atomic mass is 79.9. The lowest BCUT2D eigenvalue weighted by Crippen LogP contribution is -2.33.